The molecule has 52 heavy (non-hydrogen) atoms. The van der Waals surface area contributed by atoms with Crippen molar-refractivity contribution >= 4 is 49.8 Å². The van der Waals surface area contributed by atoms with Crippen LogP contribution >= 0.6 is 0 Å². The molecule has 0 saturated carbocycles. The Balaban J connectivity index is 1.45. The molecule has 0 N–H and O–H groups in total. The van der Waals surface area contributed by atoms with Crippen LogP contribution in [0, 0.1) is 0 Å². The Morgan fingerprint density at radius 3 is 1.54 bits per heavy atom. The Bertz CT molecular complexity index is 2550. The Hall–Kier alpha value is -5.29. The van der Waals surface area contributed by atoms with Crippen LogP contribution in [0.4, 0.5) is 0 Å². The lowest BCUT2D eigenvalue weighted by Gasteiger charge is -2.27. The summed E-state index contributed by atoms with van der Waals surface area (Å²) in [6, 6.07) is 29.5. The van der Waals surface area contributed by atoms with Crippen molar-refractivity contribution in [2.75, 3.05) is 13.2 Å². The Kier molecular flexibility index (Phi) is 8.09. The van der Waals surface area contributed by atoms with Crippen LogP contribution in [-0.2, 0) is 15.6 Å². The lowest BCUT2D eigenvalue weighted by Crippen LogP contribution is -2.12. The number of carbonyl (C=O) groups excluding carboxylic acids is 1. The number of carbonyl (C=O) groups is 1. The lowest BCUT2D eigenvalue weighted by molar-refractivity contribution is 0.0526. The van der Waals surface area contributed by atoms with E-state index >= 15 is 0 Å². The molecule has 0 bridgehead atoms. The first-order valence-electron chi connectivity index (χ1n) is 18.5. The largest absolute Gasteiger partial charge is 0.494 e. The molecule has 0 amide bonds. The minimum Gasteiger partial charge on any atom is -0.494 e. The van der Waals surface area contributed by atoms with Crippen LogP contribution in [0.5, 0.6) is 5.75 Å². The van der Waals surface area contributed by atoms with Gasteiger partial charge in [0.15, 0.2) is 0 Å². The average molecular weight is 691 g/mol. The first kappa shape index (κ1) is 33.8. The minimum atomic E-state index is -0.324. The maximum Gasteiger partial charge on any atom is 0.338 e. The zero-order valence-corrected chi connectivity index (χ0v) is 31.5. The highest BCUT2D eigenvalue weighted by atomic mass is 16.5. The van der Waals surface area contributed by atoms with Gasteiger partial charge in [-0.2, -0.15) is 0 Å². The maximum atomic E-state index is 12.5. The Labute approximate surface area is 305 Å². The smallest absolute Gasteiger partial charge is 0.338 e. The van der Waals surface area contributed by atoms with Gasteiger partial charge in [0.1, 0.15) is 28.1 Å². The molecule has 2 aliphatic rings. The third-order valence-electron chi connectivity index (χ3n) is 10.4. The molecule has 0 spiro atoms. The number of benzene rings is 6. The van der Waals surface area contributed by atoms with Gasteiger partial charge in [0.05, 0.1) is 18.8 Å². The molecule has 0 atom stereocenters. The second-order valence-electron chi connectivity index (χ2n) is 16.1. The normalized spacial score (nSPS) is 12.6. The number of unbranched alkanes of at least 4 members (excludes halogenated alkanes) is 1. The summed E-state index contributed by atoms with van der Waals surface area (Å²) in [6.07, 6.45) is 2.13. The summed E-state index contributed by atoms with van der Waals surface area (Å²) in [5, 5.41) is 4.33. The van der Waals surface area contributed by atoms with E-state index in [1.54, 1.807) is 0 Å². The van der Waals surface area contributed by atoms with E-state index in [9.17, 15) is 4.79 Å². The molecule has 5 nitrogen and oxygen atoms in total. The van der Waals surface area contributed by atoms with E-state index < -0.39 is 0 Å². The summed E-state index contributed by atoms with van der Waals surface area (Å²) >= 11 is 0. The van der Waals surface area contributed by atoms with Crippen LogP contribution in [0.1, 0.15) is 89.7 Å². The van der Waals surface area contributed by atoms with Crippen LogP contribution in [0.2, 0.25) is 0 Å². The number of rotatable bonds is 8. The third-order valence-corrected chi connectivity index (χ3v) is 10.4. The predicted octanol–water partition coefficient (Wildman–Crippen LogP) is 13.3. The van der Waals surface area contributed by atoms with Crippen molar-refractivity contribution in [1.29, 1.82) is 0 Å². The molecule has 2 heterocycles. The molecule has 5 heteroatoms. The number of esters is 1. The number of hydrogen-bond acceptors (Lipinski definition) is 5. The SMILES string of the molecule is CCCCOc1ccc(-c2cc3oc4cc(C(C)(C)C)cc5c(-c6ccc(C(=O)OCC)cc6)cc6oc7cc(C(C)(C)C)cc2c7c3-c6c45)cc1. The van der Waals surface area contributed by atoms with Gasteiger partial charge in [-0.25, -0.2) is 4.79 Å². The summed E-state index contributed by atoms with van der Waals surface area (Å²) in [4.78, 5) is 12.5. The summed E-state index contributed by atoms with van der Waals surface area (Å²) < 4.78 is 25.4. The van der Waals surface area contributed by atoms with Crippen molar-refractivity contribution in [2.24, 2.45) is 0 Å². The van der Waals surface area contributed by atoms with Gasteiger partial charge in [-0.15, -0.1) is 0 Å². The monoisotopic (exact) mass is 690 g/mol. The highest BCUT2D eigenvalue weighted by Crippen LogP contribution is 2.53. The average Bonchev–Trinajstić information content (AvgIpc) is 3.11. The second kappa shape index (κ2) is 12.4. The van der Waals surface area contributed by atoms with E-state index in [0.717, 1.165) is 95.8 Å². The van der Waals surface area contributed by atoms with Gasteiger partial charge < -0.3 is 18.3 Å². The quantitative estimate of drug-likeness (QED) is 0.0687. The molecular weight excluding hydrogens is 645 g/mol. The Morgan fingerprint density at radius 1 is 0.615 bits per heavy atom. The lowest BCUT2D eigenvalue weighted by atomic mass is 9.80. The fourth-order valence-corrected chi connectivity index (χ4v) is 7.44. The van der Waals surface area contributed by atoms with E-state index in [-0.39, 0.29) is 16.8 Å². The molecule has 2 aliphatic heterocycles. The van der Waals surface area contributed by atoms with Crippen LogP contribution < -0.4 is 4.74 Å². The zero-order chi connectivity index (χ0) is 36.5. The predicted molar refractivity (Wildman–Crippen MR) is 213 cm³/mol. The number of hydrogen-bond donors (Lipinski definition) is 0. The maximum absolute atomic E-state index is 12.5. The summed E-state index contributed by atoms with van der Waals surface area (Å²) in [5.74, 6) is 0.554. The van der Waals surface area contributed by atoms with E-state index in [1.165, 1.54) is 11.1 Å². The van der Waals surface area contributed by atoms with Crippen LogP contribution in [0.3, 0.4) is 0 Å². The van der Waals surface area contributed by atoms with Crippen LogP contribution in [0.25, 0.3) is 77.3 Å². The van der Waals surface area contributed by atoms with Crippen LogP contribution in [-0.4, -0.2) is 19.2 Å². The second-order valence-corrected chi connectivity index (χ2v) is 16.1. The zero-order valence-electron chi connectivity index (χ0n) is 31.5. The topological polar surface area (TPSA) is 61.8 Å². The van der Waals surface area contributed by atoms with Crippen molar-refractivity contribution in [3.63, 3.8) is 0 Å². The molecule has 0 unspecified atom stereocenters. The van der Waals surface area contributed by atoms with E-state index in [2.05, 4.69) is 109 Å². The van der Waals surface area contributed by atoms with Crippen molar-refractivity contribution in [3.8, 4) is 39.1 Å². The van der Waals surface area contributed by atoms with Crippen molar-refractivity contribution in [2.45, 2.75) is 79.1 Å². The third kappa shape index (κ3) is 5.67. The van der Waals surface area contributed by atoms with Gasteiger partial charge in [0.2, 0.25) is 0 Å². The molecule has 0 saturated heterocycles. The van der Waals surface area contributed by atoms with Gasteiger partial charge in [-0.05, 0) is 129 Å². The molecule has 0 fully saturated rings. The molecule has 6 aromatic rings. The summed E-state index contributed by atoms with van der Waals surface area (Å²) in [7, 11) is 0. The highest BCUT2D eigenvalue weighted by molar-refractivity contribution is 6.27. The molecule has 264 valence electrons. The number of ether oxygens (including phenoxy) is 2. The molecule has 8 rings (SSSR count). The van der Waals surface area contributed by atoms with Gasteiger partial charge in [-0.1, -0.05) is 79.2 Å². The van der Waals surface area contributed by atoms with Gasteiger partial charge in [0, 0.05) is 21.9 Å². The standard InChI is InChI=1S/C47H46O5/c1-9-11-20-50-32-18-16-28(17-19-32)34-26-40-44-42-36(34)22-31(47(6,7)8)24-38(42)51-39-25-33(27-12-14-29(15-13-27)45(48)49-10-2)35-21-30(46(3,4)5)23-37(52-40)41(35)43(39)44/h12-19,21-26H,9-11,20H2,1-8H3. The van der Waals surface area contributed by atoms with Crippen molar-refractivity contribution in [1.82, 2.24) is 0 Å². The molecule has 0 radical (unpaired) electrons. The molecule has 0 aromatic heterocycles. The summed E-state index contributed by atoms with van der Waals surface area (Å²) in [5.41, 5.74) is 12.3. The highest BCUT2D eigenvalue weighted by Gasteiger charge is 2.30. The first-order valence-corrected chi connectivity index (χ1v) is 18.5. The van der Waals surface area contributed by atoms with Crippen LogP contribution in [0.15, 0.2) is 93.8 Å². The summed E-state index contributed by atoms with van der Waals surface area (Å²) in [6.45, 7) is 18.5. The fourth-order valence-electron chi connectivity index (χ4n) is 7.44. The molecular formula is C47H46O5. The first-order chi connectivity index (χ1) is 24.9. The van der Waals surface area contributed by atoms with E-state index in [1.807, 2.05) is 31.2 Å². The van der Waals surface area contributed by atoms with Gasteiger partial charge in [-0.3, -0.25) is 0 Å². The van der Waals surface area contributed by atoms with E-state index in [4.69, 9.17) is 18.3 Å². The molecule has 0 aliphatic carbocycles. The van der Waals surface area contributed by atoms with Gasteiger partial charge >= 0.3 is 5.97 Å². The van der Waals surface area contributed by atoms with Crippen molar-refractivity contribution < 1.29 is 23.1 Å². The van der Waals surface area contributed by atoms with Crippen molar-refractivity contribution in [3.05, 3.63) is 102 Å². The van der Waals surface area contributed by atoms with E-state index in [0.29, 0.717) is 18.8 Å². The van der Waals surface area contributed by atoms with Gasteiger partial charge in [0.25, 0.3) is 0 Å². The fraction of sp³-hybridized carbons (Fsp3) is 0.298. The Morgan fingerprint density at radius 2 is 1.10 bits per heavy atom. The molecule has 6 aromatic carbocycles. The minimum absolute atomic E-state index is 0.110.